The van der Waals surface area contributed by atoms with Gasteiger partial charge in [0.2, 0.25) is 5.91 Å². The Bertz CT molecular complexity index is 470. The van der Waals surface area contributed by atoms with Crippen LogP contribution in [0.15, 0.2) is 28.7 Å². The highest BCUT2D eigenvalue weighted by Crippen LogP contribution is 2.17. The fraction of sp³-hybridized carbons (Fsp3) is 0.250. The van der Waals surface area contributed by atoms with Crippen molar-refractivity contribution in [1.82, 2.24) is 4.90 Å². The first-order chi connectivity index (χ1) is 8.06. The van der Waals surface area contributed by atoms with E-state index in [1.807, 2.05) is 0 Å². The maximum Gasteiger partial charge on any atom is 0.246 e. The first-order valence-electron chi connectivity index (χ1n) is 5.16. The van der Waals surface area contributed by atoms with Crippen molar-refractivity contribution in [3.8, 4) is 0 Å². The Kier molecular flexibility index (Phi) is 3.59. The van der Waals surface area contributed by atoms with Crippen molar-refractivity contribution in [2.75, 3.05) is 13.1 Å². The summed E-state index contributed by atoms with van der Waals surface area (Å²) in [5, 5.41) is 9.05. The third-order valence-corrected chi connectivity index (χ3v) is 3.03. The van der Waals surface area contributed by atoms with E-state index in [4.69, 9.17) is 5.11 Å². The lowest BCUT2D eigenvalue weighted by Gasteiger charge is -2.34. The summed E-state index contributed by atoms with van der Waals surface area (Å²) in [6.45, 7) is 0.703. The van der Waals surface area contributed by atoms with Crippen LogP contribution in [0.3, 0.4) is 0 Å². The molecule has 1 aliphatic heterocycles. The van der Waals surface area contributed by atoms with E-state index in [0.717, 1.165) is 4.47 Å². The molecule has 1 fully saturated rings. The average molecular weight is 300 g/mol. The van der Waals surface area contributed by atoms with Gasteiger partial charge in [-0.3, -0.25) is 4.79 Å². The van der Waals surface area contributed by atoms with Gasteiger partial charge in [0.1, 0.15) is 5.82 Å². The number of carbonyl (C=O) groups excluding carboxylic acids is 1. The Morgan fingerprint density at radius 2 is 2.24 bits per heavy atom. The quantitative estimate of drug-likeness (QED) is 0.846. The van der Waals surface area contributed by atoms with Crippen molar-refractivity contribution in [3.63, 3.8) is 0 Å². The number of β-amino-alcohol motifs (C(OH)–C–C–N with tert-alkyl or cyclic N) is 1. The number of amides is 1. The molecule has 0 atom stereocenters. The molecule has 1 aliphatic rings. The summed E-state index contributed by atoms with van der Waals surface area (Å²) in [4.78, 5) is 13.0. The largest absolute Gasteiger partial charge is 0.389 e. The summed E-state index contributed by atoms with van der Waals surface area (Å²) in [7, 11) is 0. The van der Waals surface area contributed by atoms with Gasteiger partial charge in [0.05, 0.1) is 6.10 Å². The molecule has 0 spiro atoms. The van der Waals surface area contributed by atoms with E-state index in [2.05, 4.69) is 15.9 Å². The zero-order valence-electron chi connectivity index (χ0n) is 8.94. The third kappa shape index (κ3) is 2.92. The third-order valence-electron chi connectivity index (χ3n) is 2.54. The van der Waals surface area contributed by atoms with Crippen LogP contribution in [0.25, 0.3) is 6.08 Å². The van der Waals surface area contributed by atoms with E-state index < -0.39 is 6.10 Å². The highest BCUT2D eigenvalue weighted by Gasteiger charge is 2.27. The minimum Gasteiger partial charge on any atom is -0.389 e. The molecule has 0 unspecified atom stereocenters. The van der Waals surface area contributed by atoms with Crippen LogP contribution in [-0.2, 0) is 4.79 Å². The summed E-state index contributed by atoms with van der Waals surface area (Å²) >= 11 is 3.24. The summed E-state index contributed by atoms with van der Waals surface area (Å²) in [6.07, 6.45) is 2.33. The van der Waals surface area contributed by atoms with E-state index >= 15 is 0 Å². The minimum absolute atomic E-state index is 0.213. The molecule has 1 aromatic carbocycles. The van der Waals surface area contributed by atoms with Crippen molar-refractivity contribution in [1.29, 1.82) is 0 Å². The number of hydrogen-bond acceptors (Lipinski definition) is 2. The number of nitrogens with zero attached hydrogens (tertiary/aromatic N) is 1. The van der Waals surface area contributed by atoms with Gasteiger partial charge in [0, 0.05) is 29.2 Å². The van der Waals surface area contributed by atoms with Crippen LogP contribution in [0, 0.1) is 5.82 Å². The zero-order valence-corrected chi connectivity index (χ0v) is 10.5. The fourth-order valence-corrected chi connectivity index (χ4v) is 1.92. The Morgan fingerprint density at radius 1 is 1.53 bits per heavy atom. The summed E-state index contributed by atoms with van der Waals surface area (Å²) in [6, 6.07) is 4.53. The van der Waals surface area contributed by atoms with Gasteiger partial charge in [-0.05, 0) is 24.3 Å². The molecule has 1 N–H and O–H groups in total. The number of hydrogen-bond donors (Lipinski definition) is 1. The Hall–Kier alpha value is -1.20. The van der Waals surface area contributed by atoms with Crippen molar-refractivity contribution < 1.29 is 14.3 Å². The van der Waals surface area contributed by atoms with Crippen LogP contribution in [-0.4, -0.2) is 35.1 Å². The van der Waals surface area contributed by atoms with Gasteiger partial charge in [-0.15, -0.1) is 0 Å². The molecular weight excluding hydrogens is 289 g/mol. The van der Waals surface area contributed by atoms with Gasteiger partial charge in [-0.1, -0.05) is 15.9 Å². The summed E-state index contributed by atoms with van der Waals surface area (Å²) in [5.41, 5.74) is 0.355. The van der Waals surface area contributed by atoms with Crippen molar-refractivity contribution >= 4 is 27.9 Å². The number of halogens is 2. The molecule has 17 heavy (non-hydrogen) atoms. The molecule has 5 heteroatoms. The topological polar surface area (TPSA) is 40.5 Å². The Balaban J connectivity index is 2.04. The second-order valence-corrected chi connectivity index (χ2v) is 4.81. The monoisotopic (exact) mass is 299 g/mol. The normalized spacial score (nSPS) is 16.3. The molecule has 0 aliphatic carbocycles. The van der Waals surface area contributed by atoms with Gasteiger partial charge in [-0.2, -0.15) is 0 Å². The molecule has 0 bridgehead atoms. The van der Waals surface area contributed by atoms with Crippen LogP contribution in [0.5, 0.6) is 0 Å². The number of aliphatic hydroxyl groups excluding tert-OH is 1. The average Bonchev–Trinajstić information content (AvgIpc) is 2.26. The molecule has 1 saturated heterocycles. The van der Waals surface area contributed by atoms with Crippen LogP contribution in [0.4, 0.5) is 4.39 Å². The molecule has 0 radical (unpaired) electrons. The Labute approximate surface area is 107 Å². The second kappa shape index (κ2) is 4.98. The van der Waals surface area contributed by atoms with E-state index in [1.54, 1.807) is 12.1 Å². The minimum atomic E-state index is -0.421. The van der Waals surface area contributed by atoms with Crippen LogP contribution in [0.1, 0.15) is 5.56 Å². The second-order valence-electron chi connectivity index (χ2n) is 3.90. The molecule has 0 aromatic heterocycles. The summed E-state index contributed by atoms with van der Waals surface area (Å²) < 4.78 is 14.1. The van der Waals surface area contributed by atoms with Crippen LogP contribution < -0.4 is 0 Å². The lowest BCUT2D eigenvalue weighted by Crippen LogP contribution is -2.52. The molecule has 0 saturated carbocycles. The lowest BCUT2D eigenvalue weighted by atomic mass is 10.1. The van der Waals surface area contributed by atoms with E-state index in [1.165, 1.54) is 23.1 Å². The van der Waals surface area contributed by atoms with Crippen molar-refractivity contribution in [2.45, 2.75) is 6.10 Å². The maximum atomic E-state index is 13.3. The molecule has 1 aromatic rings. The first-order valence-corrected chi connectivity index (χ1v) is 5.95. The maximum absolute atomic E-state index is 13.3. The SMILES string of the molecule is O=C(C=Cc1cc(Br)ccc1F)N1CC(O)C1. The smallest absolute Gasteiger partial charge is 0.246 e. The predicted octanol–water partition coefficient (Wildman–Crippen LogP) is 1.80. The van der Waals surface area contributed by atoms with E-state index in [0.29, 0.717) is 18.7 Å². The van der Waals surface area contributed by atoms with E-state index in [9.17, 15) is 9.18 Å². The van der Waals surface area contributed by atoms with Gasteiger partial charge in [0.15, 0.2) is 0 Å². The lowest BCUT2D eigenvalue weighted by molar-refractivity contribution is -0.135. The number of rotatable bonds is 2. The number of likely N-dealkylation sites (tertiary alicyclic amines) is 1. The van der Waals surface area contributed by atoms with E-state index in [-0.39, 0.29) is 11.7 Å². The molecular formula is C12H11BrFNO2. The number of aliphatic hydroxyl groups is 1. The van der Waals surface area contributed by atoms with Crippen molar-refractivity contribution in [3.05, 3.63) is 40.1 Å². The summed E-state index contributed by atoms with van der Waals surface area (Å²) in [5.74, 6) is -0.587. The first kappa shape index (κ1) is 12.3. The number of benzene rings is 1. The fourth-order valence-electron chi connectivity index (χ4n) is 1.54. The van der Waals surface area contributed by atoms with Gasteiger partial charge < -0.3 is 10.0 Å². The predicted molar refractivity (Wildman–Crippen MR) is 65.7 cm³/mol. The standard InChI is InChI=1S/C12H11BrFNO2/c13-9-2-3-11(14)8(5-9)1-4-12(17)15-6-10(16)7-15/h1-5,10,16H,6-7H2. The van der Waals surface area contributed by atoms with Gasteiger partial charge in [0.25, 0.3) is 0 Å². The highest BCUT2D eigenvalue weighted by molar-refractivity contribution is 9.10. The molecule has 3 nitrogen and oxygen atoms in total. The number of carbonyl (C=O) groups is 1. The Morgan fingerprint density at radius 3 is 2.88 bits per heavy atom. The molecule has 2 rings (SSSR count). The van der Waals surface area contributed by atoms with Crippen LogP contribution in [0.2, 0.25) is 0 Å². The molecule has 90 valence electrons. The zero-order chi connectivity index (χ0) is 12.4. The van der Waals surface area contributed by atoms with Gasteiger partial charge >= 0.3 is 0 Å². The molecule has 1 heterocycles. The highest BCUT2D eigenvalue weighted by atomic mass is 79.9. The van der Waals surface area contributed by atoms with Crippen molar-refractivity contribution in [2.24, 2.45) is 0 Å². The molecule has 1 amide bonds. The van der Waals surface area contributed by atoms with Gasteiger partial charge in [-0.25, -0.2) is 4.39 Å². The van der Waals surface area contributed by atoms with Crippen LogP contribution >= 0.6 is 15.9 Å².